The summed E-state index contributed by atoms with van der Waals surface area (Å²) < 4.78 is 0. The van der Waals surface area contributed by atoms with Crippen LogP contribution in [0.4, 0.5) is 5.82 Å². The maximum absolute atomic E-state index is 8.99. The minimum atomic E-state index is 0.553. The molecule has 0 bridgehead atoms. The highest BCUT2D eigenvalue weighted by Crippen LogP contribution is 2.29. The maximum Gasteiger partial charge on any atom is 0.147 e. The van der Waals surface area contributed by atoms with Gasteiger partial charge in [0.05, 0.1) is 16.3 Å². The predicted molar refractivity (Wildman–Crippen MR) is 77.6 cm³/mol. The fourth-order valence-corrected chi connectivity index (χ4v) is 2.89. The SMILES string of the molecule is CNCC1CCCN(c2nc(C)c(C#N)cc2Cl)C1. The van der Waals surface area contributed by atoms with Gasteiger partial charge in [-0.1, -0.05) is 11.6 Å². The number of aromatic nitrogens is 1. The van der Waals surface area contributed by atoms with E-state index in [1.807, 2.05) is 14.0 Å². The Morgan fingerprint density at radius 2 is 2.42 bits per heavy atom. The second kappa shape index (κ2) is 6.23. The molecule has 1 aliphatic heterocycles. The van der Waals surface area contributed by atoms with Crippen molar-refractivity contribution in [1.29, 1.82) is 5.26 Å². The number of piperidine rings is 1. The number of nitrogens with one attached hydrogen (secondary N) is 1. The lowest BCUT2D eigenvalue weighted by Crippen LogP contribution is -2.39. The highest BCUT2D eigenvalue weighted by atomic mass is 35.5. The van der Waals surface area contributed by atoms with Crippen molar-refractivity contribution in [2.45, 2.75) is 19.8 Å². The van der Waals surface area contributed by atoms with Crippen LogP contribution in [0.1, 0.15) is 24.1 Å². The molecular formula is C14H19ClN4. The molecule has 0 spiro atoms. The van der Waals surface area contributed by atoms with E-state index in [2.05, 4.69) is 21.3 Å². The summed E-state index contributed by atoms with van der Waals surface area (Å²) in [4.78, 5) is 6.75. The van der Waals surface area contributed by atoms with E-state index in [0.717, 1.165) is 37.6 Å². The minimum absolute atomic E-state index is 0.553. The molecule has 1 unspecified atom stereocenters. The standard InChI is InChI=1S/C14H19ClN4/c1-10-12(7-16)6-13(15)14(18-10)19-5-3-4-11(9-19)8-17-2/h6,11,17H,3-5,8-9H2,1-2H3. The monoisotopic (exact) mass is 278 g/mol. The van der Waals surface area contributed by atoms with Crippen LogP contribution in [0.2, 0.25) is 5.02 Å². The molecule has 0 amide bonds. The third-order valence-electron chi connectivity index (χ3n) is 3.58. The minimum Gasteiger partial charge on any atom is -0.355 e. The number of hydrogen-bond donors (Lipinski definition) is 1. The molecule has 1 N–H and O–H groups in total. The van der Waals surface area contributed by atoms with Gasteiger partial charge in [0.25, 0.3) is 0 Å². The quantitative estimate of drug-likeness (QED) is 0.922. The zero-order chi connectivity index (χ0) is 13.8. The van der Waals surface area contributed by atoms with Crippen molar-refractivity contribution >= 4 is 17.4 Å². The summed E-state index contributed by atoms with van der Waals surface area (Å²) in [5.41, 5.74) is 1.30. The molecule has 0 aliphatic carbocycles. The Balaban J connectivity index is 2.22. The number of aryl methyl sites for hydroxylation is 1. The van der Waals surface area contributed by atoms with Gasteiger partial charge in [0.2, 0.25) is 0 Å². The summed E-state index contributed by atoms with van der Waals surface area (Å²) in [5.74, 6) is 1.45. The highest BCUT2D eigenvalue weighted by molar-refractivity contribution is 6.33. The normalized spacial score (nSPS) is 19.3. The zero-order valence-corrected chi connectivity index (χ0v) is 12.2. The van der Waals surface area contributed by atoms with E-state index < -0.39 is 0 Å². The van der Waals surface area contributed by atoms with Crippen LogP contribution in [0.15, 0.2) is 6.07 Å². The number of anilines is 1. The van der Waals surface area contributed by atoms with Crippen molar-refractivity contribution in [3.05, 3.63) is 22.3 Å². The van der Waals surface area contributed by atoms with E-state index in [9.17, 15) is 0 Å². The molecular weight excluding hydrogens is 260 g/mol. The Morgan fingerprint density at radius 1 is 1.63 bits per heavy atom. The number of rotatable bonds is 3. The average molecular weight is 279 g/mol. The molecule has 1 atom stereocenters. The number of halogens is 1. The topological polar surface area (TPSA) is 52.0 Å². The first-order valence-corrected chi connectivity index (χ1v) is 7.00. The molecule has 1 aromatic rings. The first kappa shape index (κ1) is 14.1. The number of nitriles is 1. The second-order valence-electron chi connectivity index (χ2n) is 5.05. The number of hydrogen-bond acceptors (Lipinski definition) is 4. The van der Waals surface area contributed by atoms with Gasteiger partial charge in [-0.3, -0.25) is 0 Å². The van der Waals surface area contributed by atoms with E-state index in [4.69, 9.17) is 16.9 Å². The molecule has 2 heterocycles. The van der Waals surface area contributed by atoms with Gasteiger partial charge in [-0.2, -0.15) is 5.26 Å². The fraction of sp³-hybridized carbons (Fsp3) is 0.571. The van der Waals surface area contributed by atoms with E-state index in [1.54, 1.807) is 6.07 Å². The van der Waals surface area contributed by atoms with E-state index in [-0.39, 0.29) is 0 Å². The summed E-state index contributed by atoms with van der Waals surface area (Å²) in [6, 6.07) is 3.84. The van der Waals surface area contributed by atoms with Gasteiger partial charge in [0.15, 0.2) is 0 Å². The lowest BCUT2D eigenvalue weighted by molar-refractivity contribution is 0.401. The molecule has 19 heavy (non-hydrogen) atoms. The van der Waals surface area contributed by atoms with Crippen LogP contribution in [0.25, 0.3) is 0 Å². The lowest BCUT2D eigenvalue weighted by Gasteiger charge is -2.34. The predicted octanol–water partition coefficient (Wildman–Crippen LogP) is 2.35. The van der Waals surface area contributed by atoms with Gasteiger partial charge in [0, 0.05) is 13.1 Å². The second-order valence-corrected chi connectivity index (χ2v) is 5.46. The van der Waals surface area contributed by atoms with Gasteiger partial charge in [-0.25, -0.2) is 4.98 Å². The van der Waals surface area contributed by atoms with Gasteiger partial charge in [0.1, 0.15) is 11.9 Å². The van der Waals surface area contributed by atoms with Gasteiger partial charge >= 0.3 is 0 Å². The lowest BCUT2D eigenvalue weighted by atomic mass is 9.98. The van der Waals surface area contributed by atoms with Crippen molar-refractivity contribution in [1.82, 2.24) is 10.3 Å². The van der Waals surface area contributed by atoms with Crippen LogP contribution in [-0.4, -0.2) is 31.7 Å². The first-order chi connectivity index (χ1) is 9.15. The third-order valence-corrected chi connectivity index (χ3v) is 3.86. The van der Waals surface area contributed by atoms with Crippen molar-refractivity contribution in [2.24, 2.45) is 5.92 Å². The highest BCUT2D eigenvalue weighted by Gasteiger charge is 2.22. The summed E-state index contributed by atoms with van der Waals surface area (Å²) in [6.45, 7) is 4.83. The van der Waals surface area contributed by atoms with E-state index >= 15 is 0 Å². The Kier molecular flexibility index (Phi) is 4.62. The van der Waals surface area contributed by atoms with Crippen LogP contribution in [0, 0.1) is 24.2 Å². The number of pyridine rings is 1. The largest absolute Gasteiger partial charge is 0.355 e. The van der Waals surface area contributed by atoms with Crippen molar-refractivity contribution in [3.63, 3.8) is 0 Å². The molecule has 102 valence electrons. The molecule has 4 nitrogen and oxygen atoms in total. The van der Waals surface area contributed by atoms with Crippen LogP contribution < -0.4 is 10.2 Å². The van der Waals surface area contributed by atoms with E-state index in [0.29, 0.717) is 16.5 Å². The van der Waals surface area contributed by atoms with Crippen molar-refractivity contribution < 1.29 is 0 Å². The van der Waals surface area contributed by atoms with Gasteiger partial charge in [-0.15, -0.1) is 0 Å². The van der Waals surface area contributed by atoms with Crippen LogP contribution in [0.3, 0.4) is 0 Å². The molecule has 0 radical (unpaired) electrons. The Labute approximate surface area is 119 Å². The summed E-state index contributed by atoms with van der Waals surface area (Å²) in [6.07, 6.45) is 2.40. The summed E-state index contributed by atoms with van der Waals surface area (Å²) in [5, 5.41) is 12.8. The molecule has 0 aromatic carbocycles. The van der Waals surface area contributed by atoms with E-state index in [1.165, 1.54) is 6.42 Å². The molecule has 1 fully saturated rings. The molecule has 2 rings (SSSR count). The van der Waals surface area contributed by atoms with Crippen molar-refractivity contribution in [3.8, 4) is 6.07 Å². The Hall–Kier alpha value is -1.31. The zero-order valence-electron chi connectivity index (χ0n) is 11.4. The molecule has 1 aromatic heterocycles. The van der Waals surface area contributed by atoms with Crippen LogP contribution in [-0.2, 0) is 0 Å². The number of nitrogens with zero attached hydrogens (tertiary/aromatic N) is 3. The molecule has 5 heteroatoms. The summed E-state index contributed by atoms with van der Waals surface area (Å²) in [7, 11) is 1.98. The smallest absolute Gasteiger partial charge is 0.147 e. The summed E-state index contributed by atoms with van der Waals surface area (Å²) >= 11 is 6.27. The van der Waals surface area contributed by atoms with Crippen LogP contribution >= 0.6 is 11.6 Å². The van der Waals surface area contributed by atoms with Crippen molar-refractivity contribution in [2.75, 3.05) is 31.6 Å². The fourth-order valence-electron chi connectivity index (χ4n) is 2.62. The van der Waals surface area contributed by atoms with Gasteiger partial charge < -0.3 is 10.2 Å². The first-order valence-electron chi connectivity index (χ1n) is 6.62. The Bertz CT molecular complexity index is 493. The molecule has 1 aliphatic rings. The molecule has 1 saturated heterocycles. The van der Waals surface area contributed by atoms with Crippen LogP contribution in [0.5, 0.6) is 0 Å². The average Bonchev–Trinajstić information content (AvgIpc) is 2.41. The van der Waals surface area contributed by atoms with Gasteiger partial charge in [-0.05, 0) is 45.3 Å². The third kappa shape index (κ3) is 3.17. The Morgan fingerprint density at radius 3 is 3.11 bits per heavy atom. The maximum atomic E-state index is 8.99. The molecule has 0 saturated carbocycles.